The van der Waals surface area contributed by atoms with Crippen LogP contribution in [0.4, 0.5) is 0 Å². The van der Waals surface area contributed by atoms with E-state index in [-0.39, 0.29) is 0 Å². The largest absolute Gasteiger partial charge is 0.330 e. The van der Waals surface area contributed by atoms with Crippen LogP contribution in [0.5, 0.6) is 0 Å². The molecule has 0 atom stereocenters. The molecule has 2 N–H and O–H groups in total. The van der Waals surface area contributed by atoms with Crippen molar-refractivity contribution < 1.29 is 0 Å². The first kappa shape index (κ1) is 13.6. The van der Waals surface area contributed by atoms with E-state index in [9.17, 15) is 0 Å². The van der Waals surface area contributed by atoms with Crippen LogP contribution in [0.25, 0.3) is 0 Å². The van der Waals surface area contributed by atoms with E-state index in [1.807, 2.05) is 10.9 Å². The Balaban J connectivity index is 2.05. The quantitative estimate of drug-likeness (QED) is 0.891. The molecule has 1 heterocycles. The molecular formula is C15H27N3. The number of aryl methyl sites for hydroxylation is 1. The van der Waals surface area contributed by atoms with Gasteiger partial charge in [-0.2, -0.15) is 5.10 Å². The zero-order valence-electron chi connectivity index (χ0n) is 11.7. The Morgan fingerprint density at radius 2 is 1.89 bits per heavy atom. The maximum atomic E-state index is 6.12. The third-order valence-corrected chi connectivity index (χ3v) is 4.44. The van der Waals surface area contributed by atoms with E-state index < -0.39 is 0 Å². The second kappa shape index (κ2) is 6.37. The smallest absolute Gasteiger partial charge is 0.0521 e. The van der Waals surface area contributed by atoms with E-state index in [2.05, 4.69) is 18.2 Å². The molecular weight excluding hydrogens is 222 g/mol. The molecule has 0 aromatic carbocycles. The van der Waals surface area contributed by atoms with Crippen molar-refractivity contribution in [2.45, 2.75) is 64.8 Å². The Labute approximate surface area is 111 Å². The summed E-state index contributed by atoms with van der Waals surface area (Å²) in [5.74, 6) is 0. The maximum absolute atomic E-state index is 6.12. The summed E-state index contributed by atoms with van der Waals surface area (Å²) in [6.07, 6.45) is 14.8. The van der Waals surface area contributed by atoms with Crippen molar-refractivity contribution >= 4 is 0 Å². The van der Waals surface area contributed by atoms with Gasteiger partial charge in [-0.1, -0.05) is 32.1 Å². The van der Waals surface area contributed by atoms with E-state index in [0.717, 1.165) is 19.5 Å². The molecule has 3 heteroatoms. The van der Waals surface area contributed by atoms with E-state index >= 15 is 0 Å². The van der Waals surface area contributed by atoms with E-state index in [0.29, 0.717) is 5.41 Å². The van der Waals surface area contributed by atoms with Crippen molar-refractivity contribution in [3.8, 4) is 0 Å². The molecule has 1 aliphatic carbocycles. The number of aromatic nitrogens is 2. The molecule has 102 valence electrons. The van der Waals surface area contributed by atoms with Crippen LogP contribution in [0.1, 0.15) is 57.4 Å². The lowest BCUT2D eigenvalue weighted by atomic mass is 9.72. The predicted octanol–water partition coefficient (Wildman–Crippen LogP) is 3.13. The SMILES string of the molecule is CCn1cc(CC2(CN)CCCCCCC2)cn1. The minimum absolute atomic E-state index is 0.335. The third kappa shape index (κ3) is 3.35. The molecule has 0 unspecified atom stereocenters. The van der Waals surface area contributed by atoms with Crippen molar-refractivity contribution in [3.63, 3.8) is 0 Å². The van der Waals surface area contributed by atoms with Crippen LogP contribution < -0.4 is 5.73 Å². The zero-order chi connectivity index (χ0) is 12.8. The summed E-state index contributed by atoms with van der Waals surface area (Å²) in [6, 6.07) is 0. The molecule has 1 aromatic rings. The molecule has 1 saturated carbocycles. The Morgan fingerprint density at radius 3 is 2.44 bits per heavy atom. The first-order chi connectivity index (χ1) is 8.78. The fourth-order valence-electron chi connectivity index (χ4n) is 3.21. The second-order valence-corrected chi connectivity index (χ2v) is 5.85. The lowest BCUT2D eigenvalue weighted by molar-refractivity contribution is 0.217. The van der Waals surface area contributed by atoms with Gasteiger partial charge < -0.3 is 5.73 Å². The molecule has 1 aliphatic rings. The molecule has 0 amide bonds. The average molecular weight is 249 g/mol. The molecule has 0 spiro atoms. The molecule has 3 nitrogen and oxygen atoms in total. The van der Waals surface area contributed by atoms with Gasteiger partial charge in [0, 0.05) is 12.7 Å². The summed E-state index contributed by atoms with van der Waals surface area (Å²) in [5.41, 5.74) is 7.82. The molecule has 0 bridgehead atoms. The van der Waals surface area contributed by atoms with Crippen LogP contribution in [0.15, 0.2) is 12.4 Å². The monoisotopic (exact) mass is 249 g/mol. The Kier molecular flexibility index (Phi) is 4.81. The van der Waals surface area contributed by atoms with Gasteiger partial charge in [0.05, 0.1) is 6.20 Å². The van der Waals surface area contributed by atoms with Crippen molar-refractivity contribution in [2.24, 2.45) is 11.1 Å². The van der Waals surface area contributed by atoms with Gasteiger partial charge in [-0.25, -0.2) is 0 Å². The fourth-order valence-corrected chi connectivity index (χ4v) is 3.21. The maximum Gasteiger partial charge on any atom is 0.0521 e. The van der Waals surface area contributed by atoms with Crippen LogP contribution in [-0.2, 0) is 13.0 Å². The highest BCUT2D eigenvalue weighted by Gasteiger charge is 2.29. The van der Waals surface area contributed by atoms with Gasteiger partial charge in [-0.15, -0.1) is 0 Å². The topological polar surface area (TPSA) is 43.8 Å². The highest BCUT2D eigenvalue weighted by atomic mass is 15.3. The summed E-state index contributed by atoms with van der Waals surface area (Å²) in [6.45, 7) is 3.91. The summed E-state index contributed by atoms with van der Waals surface area (Å²) in [5, 5.41) is 4.38. The molecule has 0 radical (unpaired) electrons. The van der Waals surface area contributed by atoms with Crippen LogP contribution in [-0.4, -0.2) is 16.3 Å². The van der Waals surface area contributed by atoms with E-state index in [4.69, 9.17) is 5.73 Å². The molecule has 0 aliphatic heterocycles. The van der Waals surface area contributed by atoms with Crippen molar-refractivity contribution in [1.29, 1.82) is 0 Å². The number of nitrogens with two attached hydrogens (primary N) is 1. The number of hydrogen-bond acceptors (Lipinski definition) is 2. The van der Waals surface area contributed by atoms with Crippen LogP contribution >= 0.6 is 0 Å². The lowest BCUT2D eigenvalue weighted by Gasteiger charge is -2.34. The highest BCUT2D eigenvalue weighted by Crippen LogP contribution is 2.36. The van der Waals surface area contributed by atoms with Crippen LogP contribution in [0, 0.1) is 5.41 Å². The fraction of sp³-hybridized carbons (Fsp3) is 0.800. The third-order valence-electron chi connectivity index (χ3n) is 4.44. The predicted molar refractivity (Wildman–Crippen MR) is 75.4 cm³/mol. The zero-order valence-corrected chi connectivity index (χ0v) is 11.7. The number of rotatable bonds is 4. The Morgan fingerprint density at radius 1 is 1.22 bits per heavy atom. The summed E-state index contributed by atoms with van der Waals surface area (Å²) >= 11 is 0. The standard InChI is InChI=1S/C15H27N3/c1-2-18-12-14(11-17-18)10-15(13-16)8-6-4-3-5-7-9-15/h11-12H,2-10,13,16H2,1H3. The van der Waals surface area contributed by atoms with Crippen molar-refractivity contribution in [1.82, 2.24) is 9.78 Å². The number of hydrogen-bond donors (Lipinski definition) is 1. The first-order valence-electron chi connectivity index (χ1n) is 7.49. The Bertz CT molecular complexity index is 348. The van der Waals surface area contributed by atoms with Crippen LogP contribution in [0.2, 0.25) is 0 Å². The van der Waals surface area contributed by atoms with Crippen molar-refractivity contribution in [2.75, 3.05) is 6.54 Å². The second-order valence-electron chi connectivity index (χ2n) is 5.85. The van der Waals surface area contributed by atoms with Gasteiger partial charge >= 0.3 is 0 Å². The van der Waals surface area contributed by atoms with Gasteiger partial charge in [-0.3, -0.25) is 4.68 Å². The number of nitrogens with zero attached hydrogens (tertiary/aromatic N) is 2. The normalized spacial score (nSPS) is 20.3. The lowest BCUT2D eigenvalue weighted by Crippen LogP contribution is -2.33. The molecule has 1 fully saturated rings. The minimum atomic E-state index is 0.335. The molecule has 2 rings (SSSR count). The van der Waals surface area contributed by atoms with Crippen molar-refractivity contribution in [3.05, 3.63) is 18.0 Å². The molecule has 1 aromatic heterocycles. The summed E-state index contributed by atoms with van der Waals surface area (Å²) in [7, 11) is 0. The Hall–Kier alpha value is -0.830. The van der Waals surface area contributed by atoms with Gasteiger partial charge in [0.1, 0.15) is 0 Å². The van der Waals surface area contributed by atoms with E-state index in [1.165, 1.54) is 50.5 Å². The van der Waals surface area contributed by atoms with Gasteiger partial charge in [-0.05, 0) is 43.7 Å². The van der Waals surface area contributed by atoms with Crippen LogP contribution in [0.3, 0.4) is 0 Å². The summed E-state index contributed by atoms with van der Waals surface area (Å²) in [4.78, 5) is 0. The van der Waals surface area contributed by atoms with Gasteiger partial charge in [0.2, 0.25) is 0 Å². The minimum Gasteiger partial charge on any atom is -0.330 e. The van der Waals surface area contributed by atoms with E-state index in [1.54, 1.807) is 0 Å². The summed E-state index contributed by atoms with van der Waals surface area (Å²) < 4.78 is 2.02. The highest BCUT2D eigenvalue weighted by molar-refractivity contribution is 5.08. The van der Waals surface area contributed by atoms with Gasteiger partial charge in [0.15, 0.2) is 0 Å². The molecule has 0 saturated heterocycles. The average Bonchev–Trinajstić information content (AvgIpc) is 2.80. The molecule has 18 heavy (non-hydrogen) atoms. The first-order valence-corrected chi connectivity index (χ1v) is 7.49. The van der Waals surface area contributed by atoms with Gasteiger partial charge in [0.25, 0.3) is 0 Å².